The third kappa shape index (κ3) is 2.47. The Balaban J connectivity index is 1.92. The first-order chi connectivity index (χ1) is 10.2. The van der Waals surface area contributed by atoms with Gasteiger partial charge in [0.2, 0.25) is 0 Å². The Bertz CT molecular complexity index is 670. The van der Waals surface area contributed by atoms with E-state index < -0.39 is 0 Å². The lowest BCUT2D eigenvalue weighted by Crippen LogP contribution is -2.34. The smallest absolute Gasteiger partial charge is 0.169 e. The van der Waals surface area contributed by atoms with Gasteiger partial charge >= 0.3 is 0 Å². The summed E-state index contributed by atoms with van der Waals surface area (Å²) < 4.78 is 1.93. The van der Waals surface area contributed by atoms with Gasteiger partial charge in [0.25, 0.3) is 0 Å². The van der Waals surface area contributed by atoms with E-state index in [0.29, 0.717) is 11.6 Å². The van der Waals surface area contributed by atoms with Crippen molar-refractivity contribution < 1.29 is 0 Å². The zero-order valence-corrected chi connectivity index (χ0v) is 12.3. The highest BCUT2D eigenvalue weighted by molar-refractivity contribution is 5.58. The molecule has 6 heteroatoms. The van der Waals surface area contributed by atoms with Crippen LogP contribution < -0.4 is 4.90 Å². The highest BCUT2D eigenvalue weighted by atomic mass is 15.3. The SMILES string of the molecule is Cc1nnc(N2CCC[C@@H]2Cn2cccn2)c(C#N)c1C. The largest absolute Gasteiger partial charge is 0.349 e. The highest BCUT2D eigenvalue weighted by Gasteiger charge is 2.29. The van der Waals surface area contributed by atoms with Crippen LogP contribution in [0.4, 0.5) is 5.82 Å². The van der Waals surface area contributed by atoms with Crippen LogP contribution in [0, 0.1) is 25.2 Å². The predicted molar refractivity (Wildman–Crippen MR) is 78.8 cm³/mol. The molecule has 0 aromatic carbocycles. The minimum Gasteiger partial charge on any atom is -0.349 e. The first-order valence-electron chi connectivity index (χ1n) is 7.18. The number of anilines is 1. The molecule has 1 saturated heterocycles. The lowest BCUT2D eigenvalue weighted by atomic mass is 10.1. The summed E-state index contributed by atoms with van der Waals surface area (Å²) in [7, 11) is 0. The second-order valence-electron chi connectivity index (χ2n) is 5.44. The zero-order valence-electron chi connectivity index (χ0n) is 12.3. The topological polar surface area (TPSA) is 70.6 Å². The summed E-state index contributed by atoms with van der Waals surface area (Å²) in [6.45, 7) is 5.55. The number of aromatic nitrogens is 4. The van der Waals surface area contributed by atoms with E-state index in [1.54, 1.807) is 6.20 Å². The molecule has 2 aromatic heterocycles. The average Bonchev–Trinajstić information content (AvgIpc) is 3.14. The zero-order chi connectivity index (χ0) is 14.8. The van der Waals surface area contributed by atoms with E-state index in [2.05, 4.69) is 26.3 Å². The summed E-state index contributed by atoms with van der Waals surface area (Å²) in [5, 5.41) is 22.2. The molecule has 1 fully saturated rings. The molecule has 6 nitrogen and oxygen atoms in total. The monoisotopic (exact) mass is 282 g/mol. The molecule has 3 heterocycles. The molecule has 21 heavy (non-hydrogen) atoms. The van der Waals surface area contributed by atoms with E-state index in [4.69, 9.17) is 0 Å². The lowest BCUT2D eigenvalue weighted by Gasteiger charge is -2.26. The van der Waals surface area contributed by atoms with E-state index >= 15 is 0 Å². The molecule has 0 bridgehead atoms. The number of nitrogens with zero attached hydrogens (tertiary/aromatic N) is 6. The molecule has 108 valence electrons. The van der Waals surface area contributed by atoms with Crippen molar-refractivity contribution in [1.82, 2.24) is 20.0 Å². The molecule has 0 amide bonds. The Kier molecular flexibility index (Phi) is 3.57. The van der Waals surface area contributed by atoms with Gasteiger partial charge in [0.1, 0.15) is 11.6 Å². The summed E-state index contributed by atoms with van der Waals surface area (Å²) in [4.78, 5) is 2.21. The van der Waals surface area contributed by atoms with Crippen LogP contribution >= 0.6 is 0 Å². The molecule has 0 N–H and O–H groups in total. The van der Waals surface area contributed by atoms with Gasteiger partial charge in [0.15, 0.2) is 5.82 Å². The van der Waals surface area contributed by atoms with Crippen LogP contribution in [-0.2, 0) is 6.54 Å². The number of rotatable bonds is 3. The molecular weight excluding hydrogens is 264 g/mol. The Morgan fingerprint density at radius 3 is 2.95 bits per heavy atom. The summed E-state index contributed by atoms with van der Waals surface area (Å²) >= 11 is 0. The van der Waals surface area contributed by atoms with Gasteiger partial charge in [-0.3, -0.25) is 4.68 Å². The standard InChI is InChI=1S/C15H18N6/c1-11-12(2)18-19-15(14(11)9-16)21-8-3-5-13(21)10-20-7-4-6-17-20/h4,6-7,13H,3,5,8,10H2,1-2H3/t13-/m1/s1. The first-order valence-corrected chi connectivity index (χ1v) is 7.18. The molecule has 0 unspecified atom stereocenters. The molecule has 0 aliphatic carbocycles. The second kappa shape index (κ2) is 5.52. The first kappa shape index (κ1) is 13.6. The molecule has 1 aliphatic heterocycles. The van der Waals surface area contributed by atoms with Gasteiger partial charge in [0.05, 0.1) is 18.3 Å². The molecular formula is C15H18N6. The van der Waals surface area contributed by atoms with Gasteiger partial charge in [-0.15, -0.1) is 5.10 Å². The van der Waals surface area contributed by atoms with Gasteiger partial charge in [-0.25, -0.2) is 0 Å². The van der Waals surface area contributed by atoms with Crippen LogP contribution in [0.5, 0.6) is 0 Å². The van der Waals surface area contributed by atoms with Crippen LogP contribution in [0.3, 0.4) is 0 Å². The van der Waals surface area contributed by atoms with Gasteiger partial charge in [-0.2, -0.15) is 15.5 Å². The van der Waals surface area contributed by atoms with Gasteiger partial charge in [-0.05, 0) is 38.3 Å². The summed E-state index contributed by atoms with van der Waals surface area (Å²) in [5.41, 5.74) is 2.39. The number of nitriles is 1. The molecule has 2 aromatic rings. The average molecular weight is 282 g/mol. The summed E-state index contributed by atoms with van der Waals surface area (Å²) in [6.07, 6.45) is 5.94. The fourth-order valence-corrected chi connectivity index (χ4v) is 2.86. The van der Waals surface area contributed by atoms with E-state index in [1.807, 2.05) is 30.8 Å². The summed E-state index contributed by atoms with van der Waals surface area (Å²) in [5.74, 6) is 0.718. The maximum atomic E-state index is 9.46. The van der Waals surface area contributed by atoms with Crippen molar-refractivity contribution in [3.05, 3.63) is 35.3 Å². The van der Waals surface area contributed by atoms with Gasteiger partial charge in [-0.1, -0.05) is 0 Å². The molecule has 1 aliphatic rings. The maximum absolute atomic E-state index is 9.46. The minimum atomic E-state index is 0.313. The molecule has 0 spiro atoms. The van der Waals surface area contributed by atoms with Crippen LogP contribution in [0.2, 0.25) is 0 Å². The molecule has 0 saturated carbocycles. The summed E-state index contributed by atoms with van der Waals surface area (Å²) in [6, 6.07) is 4.53. The Hall–Kier alpha value is -2.42. The Morgan fingerprint density at radius 1 is 1.38 bits per heavy atom. The third-order valence-electron chi connectivity index (χ3n) is 4.15. The van der Waals surface area contributed by atoms with E-state index in [9.17, 15) is 5.26 Å². The second-order valence-corrected chi connectivity index (χ2v) is 5.44. The van der Waals surface area contributed by atoms with Crippen LogP contribution in [0.25, 0.3) is 0 Å². The van der Waals surface area contributed by atoms with E-state index in [1.165, 1.54) is 0 Å². The Labute approximate surface area is 124 Å². The number of aryl methyl sites for hydroxylation is 1. The van der Waals surface area contributed by atoms with E-state index in [-0.39, 0.29) is 0 Å². The fourth-order valence-electron chi connectivity index (χ4n) is 2.86. The number of hydrogen-bond acceptors (Lipinski definition) is 5. The van der Waals surface area contributed by atoms with Gasteiger partial charge in [0, 0.05) is 18.9 Å². The van der Waals surface area contributed by atoms with Crippen molar-refractivity contribution in [3.8, 4) is 6.07 Å². The Morgan fingerprint density at radius 2 is 2.24 bits per heavy atom. The van der Waals surface area contributed by atoms with Crippen molar-refractivity contribution in [1.29, 1.82) is 5.26 Å². The normalized spacial score (nSPS) is 18.0. The van der Waals surface area contributed by atoms with Crippen LogP contribution in [0.15, 0.2) is 18.5 Å². The van der Waals surface area contributed by atoms with Crippen molar-refractivity contribution in [3.63, 3.8) is 0 Å². The maximum Gasteiger partial charge on any atom is 0.169 e. The molecule has 0 radical (unpaired) electrons. The van der Waals surface area contributed by atoms with Crippen molar-refractivity contribution in [2.24, 2.45) is 0 Å². The number of hydrogen-bond donors (Lipinski definition) is 0. The van der Waals surface area contributed by atoms with Crippen LogP contribution in [-0.4, -0.2) is 32.6 Å². The lowest BCUT2D eigenvalue weighted by molar-refractivity contribution is 0.506. The third-order valence-corrected chi connectivity index (χ3v) is 4.15. The quantitative estimate of drug-likeness (QED) is 0.859. The van der Waals surface area contributed by atoms with Crippen molar-refractivity contribution in [2.75, 3.05) is 11.4 Å². The highest BCUT2D eigenvalue weighted by Crippen LogP contribution is 2.29. The minimum absolute atomic E-state index is 0.313. The fraction of sp³-hybridized carbons (Fsp3) is 0.467. The van der Waals surface area contributed by atoms with Crippen LogP contribution in [0.1, 0.15) is 29.7 Å². The molecule has 3 rings (SSSR count). The van der Waals surface area contributed by atoms with Crippen molar-refractivity contribution >= 4 is 5.82 Å². The molecule has 1 atom stereocenters. The van der Waals surface area contributed by atoms with Gasteiger partial charge < -0.3 is 4.90 Å². The van der Waals surface area contributed by atoms with E-state index in [0.717, 1.165) is 43.0 Å². The predicted octanol–water partition coefficient (Wildman–Crippen LogP) is 1.83. The van der Waals surface area contributed by atoms with Crippen molar-refractivity contribution in [2.45, 2.75) is 39.3 Å².